The molecule has 0 aliphatic carbocycles. The lowest BCUT2D eigenvalue weighted by Gasteiger charge is -2.14. The minimum absolute atomic E-state index is 0. The molecule has 0 fully saturated rings. The van der Waals surface area contributed by atoms with Crippen molar-refractivity contribution < 1.29 is 23.0 Å². The summed E-state index contributed by atoms with van der Waals surface area (Å²) in [5.74, 6) is 21.9. The maximum Gasteiger partial charge on any atom is 0.387 e. The van der Waals surface area contributed by atoms with Crippen molar-refractivity contribution in [3.05, 3.63) is 82.9 Å². The molecule has 0 saturated heterocycles. The Bertz CT molecular complexity index is 2700. The van der Waals surface area contributed by atoms with Gasteiger partial charge in [-0.1, -0.05) is 42.3 Å². The molecule has 0 spiro atoms. The zero-order valence-corrected chi connectivity index (χ0v) is 30.2. The molecule has 54 heavy (non-hydrogen) atoms. The Balaban J connectivity index is 0.000000195. The van der Waals surface area contributed by atoms with E-state index in [2.05, 4.69) is 111 Å². The summed E-state index contributed by atoms with van der Waals surface area (Å²) in [6.45, 7) is 0.642. The molecule has 8 rings (SSSR count). The third-order valence-electron chi connectivity index (χ3n) is 8.42. The van der Waals surface area contributed by atoms with Crippen LogP contribution >= 0.6 is 23.2 Å². The molecule has 0 saturated carbocycles. The molecule has 0 atom stereocenters. The number of aryl methyl sites for hydroxylation is 4. The number of para-hydroxylation sites is 2. The van der Waals surface area contributed by atoms with E-state index in [-0.39, 0.29) is 29.2 Å². The van der Waals surface area contributed by atoms with Gasteiger partial charge in [-0.05, 0) is 114 Å². The molecule has 0 radical (unpaired) electrons. The van der Waals surface area contributed by atoms with Crippen LogP contribution < -0.4 is 4.74 Å². The van der Waals surface area contributed by atoms with Gasteiger partial charge in [0.2, 0.25) is 10.6 Å². The zero-order valence-electron chi connectivity index (χ0n) is 30.7. The molecule has 2 aliphatic heterocycles. The van der Waals surface area contributed by atoms with E-state index < -0.39 is 6.61 Å². The third kappa shape index (κ3) is 8.42. The number of terminal acetylenes is 1. The molecule has 12 heteroatoms. The van der Waals surface area contributed by atoms with Gasteiger partial charge in [-0.25, -0.2) is 19.9 Å². The Kier molecular flexibility index (Phi) is 11.5. The Labute approximate surface area is 325 Å². The summed E-state index contributed by atoms with van der Waals surface area (Å²) < 4.78 is 44.3. The van der Waals surface area contributed by atoms with Crippen molar-refractivity contribution in [1.82, 2.24) is 29.1 Å². The molecule has 6 aromatic rings. The molecule has 6 heterocycles. The molecule has 4 aromatic heterocycles. The molecule has 0 amide bonds. The van der Waals surface area contributed by atoms with Crippen LogP contribution in [0.25, 0.3) is 44.3 Å². The van der Waals surface area contributed by atoms with Crippen LogP contribution in [0, 0.1) is 59.7 Å². The molecular formula is C42H32Cl2F2N6O2. The van der Waals surface area contributed by atoms with E-state index >= 15 is 0 Å². The first kappa shape index (κ1) is 35.9. The number of halogens is 4. The second-order valence-electron chi connectivity index (χ2n) is 11.7. The van der Waals surface area contributed by atoms with Crippen molar-refractivity contribution in [1.29, 1.82) is 0 Å². The zero-order chi connectivity index (χ0) is 40.0. The second-order valence-corrected chi connectivity index (χ2v) is 12.4. The van der Waals surface area contributed by atoms with Gasteiger partial charge < -0.3 is 19.0 Å². The van der Waals surface area contributed by atoms with Crippen LogP contribution in [-0.4, -0.2) is 40.8 Å². The largest absolute Gasteiger partial charge is 0.504 e. The number of benzene rings is 2. The predicted molar refractivity (Wildman–Crippen MR) is 211 cm³/mol. The molecule has 0 unspecified atom stereocenters. The molecule has 0 bridgehead atoms. The van der Waals surface area contributed by atoms with Crippen molar-refractivity contribution in [2.75, 3.05) is 0 Å². The summed E-state index contributed by atoms with van der Waals surface area (Å²) in [6.07, 6.45) is 15.6. The van der Waals surface area contributed by atoms with Crippen molar-refractivity contribution in [2.24, 2.45) is 0 Å². The Morgan fingerprint density at radius 1 is 0.796 bits per heavy atom. The lowest BCUT2D eigenvalue weighted by atomic mass is 10.0. The van der Waals surface area contributed by atoms with E-state index in [4.69, 9.17) is 32.6 Å². The smallest absolute Gasteiger partial charge is 0.387 e. The molecular weight excluding hydrogens is 729 g/mol. The topological polar surface area (TPSA) is 90.9 Å². The summed E-state index contributed by atoms with van der Waals surface area (Å²) in [5, 5.41) is 12.2. The molecule has 270 valence electrons. The number of ether oxygens (including phenoxy) is 1. The quantitative estimate of drug-likeness (QED) is 0.143. The average molecular weight is 765 g/mol. The predicted octanol–water partition coefficient (Wildman–Crippen LogP) is 8.85. The summed E-state index contributed by atoms with van der Waals surface area (Å²) in [6, 6.07) is 12.3. The van der Waals surface area contributed by atoms with Gasteiger partial charge in [0.05, 0.1) is 23.4 Å². The van der Waals surface area contributed by atoms with Crippen molar-refractivity contribution in [3.8, 4) is 93.7 Å². The second kappa shape index (κ2) is 17.4. The van der Waals surface area contributed by atoms with Gasteiger partial charge in [-0.3, -0.25) is 0 Å². The van der Waals surface area contributed by atoms with Crippen molar-refractivity contribution >= 4 is 45.0 Å². The standard InChI is InChI=1S/C16H12ClF2N3O.C15H12ClN3O.C11H4.2H2/c17-15-20-7-12(23-16(18)19)13(21-15)11-8-22-6-2-4-9-3-1-5-10(11)14(9)22;16-15-17-7-12(20)13(18-15)11-8-19-6-2-4-9-3-1-5-10(11)14(9)19;1-3-5-7-9-11-10-8-6-4-2;;/h1,3,5,7-8,16H,2,4,6H2;1,3,5,7-8,20H,2,4,6H2;1H,2H3;2*1H/i;;;1+1D;1+1. The highest BCUT2D eigenvalue weighted by Gasteiger charge is 2.22. The van der Waals surface area contributed by atoms with Crippen LogP contribution in [0.1, 0.15) is 35.3 Å². The van der Waals surface area contributed by atoms with Gasteiger partial charge >= 0.3 is 6.61 Å². The maximum absolute atomic E-state index is 12.7. The third-order valence-corrected chi connectivity index (χ3v) is 8.78. The Morgan fingerprint density at radius 3 is 1.87 bits per heavy atom. The summed E-state index contributed by atoms with van der Waals surface area (Å²) >= 11 is 11.7. The highest BCUT2D eigenvalue weighted by atomic mass is 35.5. The first-order valence-electron chi connectivity index (χ1n) is 17.6. The van der Waals surface area contributed by atoms with E-state index in [0.29, 0.717) is 5.69 Å². The van der Waals surface area contributed by atoms with Crippen LogP contribution in [0.3, 0.4) is 0 Å². The normalized spacial score (nSPS) is 11.9. The first-order valence-corrected chi connectivity index (χ1v) is 17.3. The lowest BCUT2D eigenvalue weighted by molar-refractivity contribution is -0.0498. The van der Waals surface area contributed by atoms with Gasteiger partial charge in [-0.15, -0.1) is 6.42 Å². The SMILES string of the molecule is C#CC#CC#CC#CC#CC.FC(F)Oc1cnc(Cl)nc1-c1cn2c3c(cccc13)CCC2.Oc1cnc(Cl)nc1-c1cn2c3c(cccc13)CCC2.[2HH].[2H][2H]. The Morgan fingerprint density at radius 2 is 1.31 bits per heavy atom. The summed E-state index contributed by atoms with van der Waals surface area (Å²) in [7, 11) is 0. The van der Waals surface area contributed by atoms with Crippen molar-refractivity contribution in [3.63, 3.8) is 0 Å². The van der Waals surface area contributed by atoms with Gasteiger partial charge in [-0.2, -0.15) is 8.78 Å². The fraction of sp³-hybridized carbons (Fsp3) is 0.190. The van der Waals surface area contributed by atoms with Crippen LogP contribution in [-0.2, 0) is 25.9 Å². The van der Waals surface area contributed by atoms with Crippen LogP contribution in [0.4, 0.5) is 8.78 Å². The van der Waals surface area contributed by atoms with Gasteiger partial charge in [0.15, 0.2) is 11.5 Å². The maximum atomic E-state index is 12.7. The monoisotopic (exact) mass is 763 g/mol. The number of aromatic hydroxyl groups is 1. The minimum Gasteiger partial charge on any atom is -0.504 e. The number of rotatable bonds is 4. The van der Waals surface area contributed by atoms with E-state index in [1.807, 2.05) is 24.5 Å². The fourth-order valence-corrected chi connectivity index (χ4v) is 6.69. The highest BCUT2D eigenvalue weighted by molar-refractivity contribution is 6.28. The van der Waals surface area contributed by atoms with Crippen LogP contribution in [0.2, 0.25) is 10.6 Å². The number of nitrogens with zero attached hydrogens (tertiary/aromatic N) is 6. The summed E-state index contributed by atoms with van der Waals surface area (Å²) in [5.41, 5.74) is 7.36. The average Bonchev–Trinajstić information content (AvgIpc) is 3.78. The number of hydrogen-bond donors (Lipinski definition) is 1. The van der Waals surface area contributed by atoms with Gasteiger partial charge in [0.25, 0.3) is 0 Å². The van der Waals surface area contributed by atoms with E-state index in [0.717, 1.165) is 66.2 Å². The lowest BCUT2D eigenvalue weighted by Crippen LogP contribution is -2.05. The molecule has 2 aliphatic rings. The van der Waals surface area contributed by atoms with Crippen LogP contribution in [0.15, 0.2) is 61.2 Å². The van der Waals surface area contributed by atoms with E-state index in [1.165, 1.54) is 29.0 Å². The number of alkyl halides is 2. The minimum atomic E-state index is -2.95. The van der Waals surface area contributed by atoms with Gasteiger partial charge in [0.1, 0.15) is 11.4 Å². The van der Waals surface area contributed by atoms with E-state index in [9.17, 15) is 13.9 Å². The van der Waals surface area contributed by atoms with Gasteiger partial charge in [0, 0.05) is 51.8 Å². The summed E-state index contributed by atoms with van der Waals surface area (Å²) in [4.78, 5) is 15.9. The number of hydrogen-bond acceptors (Lipinski definition) is 6. The Hall–Kier alpha value is -6.48. The fourth-order valence-electron chi connectivity index (χ4n) is 6.42. The highest BCUT2D eigenvalue weighted by Crippen LogP contribution is 2.39. The van der Waals surface area contributed by atoms with E-state index in [1.54, 1.807) is 6.92 Å². The molecule has 1 N–H and O–H groups in total. The van der Waals surface area contributed by atoms with Crippen molar-refractivity contribution in [2.45, 2.75) is 52.3 Å². The number of aromatic nitrogens is 6. The van der Waals surface area contributed by atoms with Crippen LogP contribution in [0.5, 0.6) is 11.5 Å². The molecule has 8 nitrogen and oxygen atoms in total. The molecule has 2 aromatic carbocycles. The first-order chi connectivity index (χ1) is 27.3.